The third kappa shape index (κ3) is 4.11. The molecule has 1 atom stereocenters. The molecule has 1 fully saturated rings. The monoisotopic (exact) mass is 437 g/mol. The van der Waals surface area contributed by atoms with Gasteiger partial charge in [0.05, 0.1) is 11.4 Å². The first-order valence-corrected chi connectivity index (χ1v) is 12.2. The van der Waals surface area contributed by atoms with Gasteiger partial charge in [-0.25, -0.2) is 19.1 Å². The van der Waals surface area contributed by atoms with Crippen molar-refractivity contribution in [3.05, 3.63) is 33.6 Å². The lowest BCUT2D eigenvalue weighted by Gasteiger charge is -2.33. The van der Waals surface area contributed by atoms with Crippen LogP contribution in [0.4, 0.5) is 4.79 Å². The second-order valence-electron chi connectivity index (χ2n) is 8.40. The van der Waals surface area contributed by atoms with E-state index >= 15 is 0 Å². The molecule has 29 heavy (non-hydrogen) atoms. The number of allylic oxidation sites excluding steroid dienone is 2. The molecule has 2 amide bonds. The average Bonchev–Trinajstić information content (AvgIpc) is 3.13. The predicted molar refractivity (Wildman–Crippen MR) is 112 cm³/mol. The van der Waals surface area contributed by atoms with E-state index in [4.69, 9.17) is 5.14 Å². The van der Waals surface area contributed by atoms with Gasteiger partial charge in [0.15, 0.2) is 9.92 Å². The van der Waals surface area contributed by atoms with Gasteiger partial charge in [-0.3, -0.25) is 0 Å². The maximum atomic E-state index is 12.9. The second kappa shape index (κ2) is 7.19. The summed E-state index contributed by atoms with van der Waals surface area (Å²) in [7, 11) is -3.50. The van der Waals surface area contributed by atoms with E-state index in [1.54, 1.807) is 19.2 Å². The number of nitrogens with zero attached hydrogens (tertiary/aromatic N) is 3. The molecular weight excluding hydrogens is 410 g/mol. The highest BCUT2D eigenvalue weighted by molar-refractivity contribution is 7.93. The highest BCUT2D eigenvalue weighted by Gasteiger charge is 2.36. The Morgan fingerprint density at radius 2 is 2.17 bits per heavy atom. The molecule has 1 saturated carbocycles. The molecule has 0 unspecified atom stereocenters. The summed E-state index contributed by atoms with van der Waals surface area (Å²) in [5.74, 6) is 0. The van der Waals surface area contributed by atoms with Crippen LogP contribution in [0.25, 0.3) is 0 Å². The van der Waals surface area contributed by atoms with Gasteiger partial charge in [0, 0.05) is 23.7 Å². The maximum Gasteiger partial charge on any atom is 0.355 e. The number of nitrogens with one attached hydrogen (secondary N) is 1. The normalized spacial score (nSPS) is 21.9. The number of carbonyl (C=O) groups excluding carboxylic acids is 1. The van der Waals surface area contributed by atoms with Crippen molar-refractivity contribution in [2.75, 3.05) is 6.54 Å². The number of aliphatic hydroxyl groups is 1. The van der Waals surface area contributed by atoms with E-state index in [1.807, 2.05) is 6.92 Å². The zero-order chi connectivity index (χ0) is 21.0. The fraction of sp³-hybridized carbons (Fsp3) is 0.579. The molecule has 0 spiro atoms. The quantitative estimate of drug-likeness (QED) is 0.669. The second-order valence-corrected chi connectivity index (χ2v) is 11.2. The minimum absolute atomic E-state index is 0.0273. The highest BCUT2D eigenvalue weighted by atomic mass is 32.2. The first-order valence-electron chi connectivity index (χ1n) is 9.79. The Balaban J connectivity index is 1.60. The van der Waals surface area contributed by atoms with Crippen LogP contribution in [0.15, 0.2) is 36.6 Å². The number of carbonyl (C=O) groups is 1. The molecular formula is C19H27N5O3S2. The Bertz CT molecular complexity index is 1040. The molecule has 4 N–H and O–H groups in total. The first kappa shape index (κ1) is 20.5. The Morgan fingerprint density at radius 1 is 1.45 bits per heavy atom. The Hall–Kier alpha value is -1.75. The third-order valence-corrected chi connectivity index (χ3v) is 8.25. The molecule has 10 heteroatoms. The van der Waals surface area contributed by atoms with Crippen LogP contribution in [0, 0.1) is 0 Å². The van der Waals surface area contributed by atoms with Crippen molar-refractivity contribution in [2.24, 2.45) is 9.50 Å². The molecule has 1 aliphatic heterocycles. The van der Waals surface area contributed by atoms with Gasteiger partial charge in [-0.1, -0.05) is 0 Å². The van der Waals surface area contributed by atoms with E-state index in [0.29, 0.717) is 11.7 Å². The molecule has 2 heterocycles. The summed E-state index contributed by atoms with van der Waals surface area (Å²) >= 11 is 1.03. The van der Waals surface area contributed by atoms with Gasteiger partial charge < -0.3 is 15.3 Å². The zero-order valence-corrected chi connectivity index (χ0v) is 18.5. The number of aromatic nitrogens is 1. The summed E-state index contributed by atoms with van der Waals surface area (Å²) in [6, 6.07) is -0.189. The molecule has 3 aliphatic rings. The number of amides is 2. The maximum absolute atomic E-state index is 12.9. The number of rotatable bonds is 4. The highest BCUT2D eigenvalue weighted by Crippen LogP contribution is 2.41. The van der Waals surface area contributed by atoms with Crippen LogP contribution < -0.4 is 10.5 Å². The van der Waals surface area contributed by atoms with Crippen LogP contribution >= 0.6 is 11.3 Å². The molecule has 158 valence electrons. The number of thiazole rings is 1. The summed E-state index contributed by atoms with van der Waals surface area (Å²) in [5.41, 5.74) is 3.55. The van der Waals surface area contributed by atoms with Crippen LogP contribution in [-0.4, -0.2) is 37.8 Å². The molecule has 8 nitrogen and oxygen atoms in total. The summed E-state index contributed by atoms with van der Waals surface area (Å²) in [6.45, 7) is 6.11. The SMILES string of the molecule is CC1=C(NC(=O)N=[S@@](N)(=O)c2nc(C(C)(C)O)cs2)C2=C(CCC2)CN1C1CC1. The largest absolute Gasteiger partial charge is 0.384 e. The molecule has 4 rings (SSSR count). The lowest BCUT2D eigenvalue weighted by atomic mass is 10.0. The van der Waals surface area contributed by atoms with Crippen molar-refractivity contribution in [2.45, 2.75) is 68.9 Å². The molecule has 2 aliphatic carbocycles. The minimum atomic E-state index is -3.50. The molecule has 0 aromatic carbocycles. The lowest BCUT2D eigenvalue weighted by Crippen LogP contribution is -2.35. The van der Waals surface area contributed by atoms with Gasteiger partial charge in [0.1, 0.15) is 5.60 Å². The Kier molecular flexibility index (Phi) is 5.09. The Morgan fingerprint density at radius 3 is 2.79 bits per heavy atom. The lowest BCUT2D eigenvalue weighted by molar-refractivity contribution is 0.0741. The van der Waals surface area contributed by atoms with Crippen LogP contribution in [0.5, 0.6) is 0 Å². The van der Waals surface area contributed by atoms with E-state index in [2.05, 4.69) is 19.6 Å². The van der Waals surface area contributed by atoms with Gasteiger partial charge in [-0.05, 0) is 64.0 Å². The summed E-state index contributed by atoms with van der Waals surface area (Å²) in [5, 5.41) is 20.3. The van der Waals surface area contributed by atoms with Crippen LogP contribution in [0.3, 0.4) is 0 Å². The van der Waals surface area contributed by atoms with Crippen molar-refractivity contribution in [3.63, 3.8) is 0 Å². The third-order valence-electron chi connectivity index (χ3n) is 5.59. The fourth-order valence-electron chi connectivity index (χ4n) is 3.89. The van der Waals surface area contributed by atoms with Crippen LogP contribution in [0.2, 0.25) is 0 Å². The number of hydrogen-bond donors (Lipinski definition) is 3. The Labute approximate surface area is 175 Å². The number of nitrogens with two attached hydrogens (primary N) is 1. The first-order chi connectivity index (χ1) is 13.6. The van der Waals surface area contributed by atoms with Crippen molar-refractivity contribution in [1.82, 2.24) is 15.2 Å². The van der Waals surface area contributed by atoms with Gasteiger partial charge in [0.2, 0.25) is 4.34 Å². The standard InChI is InChI=1S/C19H27N5O3S2/c1-11-16(14-6-4-5-12(14)9-24(11)13-7-8-13)22-17(25)23-29(20,27)18-21-15(10-28-18)19(2,3)26/h10,13,26H,4-9H2,1-3H3,(H3,20,22,23,25,27)/t29-/m1/s1. The van der Waals surface area contributed by atoms with Crippen molar-refractivity contribution >= 4 is 27.3 Å². The zero-order valence-electron chi connectivity index (χ0n) is 16.9. The van der Waals surface area contributed by atoms with E-state index in [-0.39, 0.29) is 4.34 Å². The van der Waals surface area contributed by atoms with Gasteiger partial charge >= 0.3 is 6.03 Å². The smallest absolute Gasteiger partial charge is 0.355 e. The van der Waals surface area contributed by atoms with Crippen molar-refractivity contribution in [1.29, 1.82) is 0 Å². The average molecular weight is 438 g/mol. The van der Waals surface area contributed by atoms with Crippen molar-refractivity contribution < 1.29 is 14.1 Å². The van der Waals surface area contributed by atoms with Gasteiger partial charge in [-0.15, -0.1) is 15.7 Å². The molecule has 0 saturated heterocycles. The summed E-state index contributed by atoms with van der Waals surface area (Å²) in [6.07, 6.45) is 5.42. The van der Waals surface area contributed by atoms with E-state index in [9.17, 15) is 14.1 Å². The van der Waals surface area contributed by atoms with E-state index in [1.165, 1.54) is 24.0 Å². The minimum Gasteiger partial charge on any atom is -0.384 e. The predicted octanol–water partition coefficient (Wildman–Crippen LogP) is 2.97. The van der Waals surface area contributed by atoms with Gasteiger partial charge in [0.25, 0.3) is 0 Å². The van der Waals surface area contributed by atoms with Crippen LogP contribution in [0.1, 0.15) is 58.6 Å². The molecule has 1 aromatic rings. The van der Waals surface area contributed by atoms with Gasteiger partial charge in [-0.2, -0.15) is 0 Å². The fourth-order valence-corrected chi connectivity index (χ4v) is 6.00. The molecule has 0 radical (unpaired) electrons. The summed E-state index contributed by atoms with van der Waals surface area (Å²) < 4.78 is 16.6. The van der Waals surface area contributed by atoms with Crippen LogP contribution in [-0.2, 0) is 15.5 Å². The molecule has 1 aromatic heterocycles. The van der Waals surface area contributed by atoms with Crippen molar-refractivity contribution in [3.8, 4) is 0 Å². The van der Waals surface area contributed by atoms with E-state index in [0.717, 1.165) is 48.5 Å². The number of hydrogen-bond acceptors (Lipinski definition) is 6. The topological polar surface area (TPSA) is 121 Å². The molecule has 0 bridgehead atoms. The number of urea groups is 1. The summed E-state index contributed by atoms with van der Waals surface area (Å²) in [4.78, 5) is 19.1. The van der Waals surface area contributed by atoms with E-state index < -0.39 is 21.5 Å².